The van der Waals surface area contributed by atoms with Crippen molar-refractivity contribution in [2.75, 3.05) is 0 Å². The van der Waals surface area contributed by atoms with E-state index in [2.05, 4.69) is 56.6 Å². The molecule has 32 heavy (non-hydrogen) atoms. The molecule has 4 aromatic rings. The third-order valence-electron chi connectivity index (χ3n) is 5.45. The molecule has 0 atom stereocenters. The lowest BCUT2D eigenvalue weighted by molar-refractivity contribution is 0.590. The van der Waals surface area contributed by atoms with Crippen LogP contribution in [0.15, 0.2) is 77.1 Å². The Morgan fingerprint density at radius 3 is 2.44 bits per heavy atom. The van der Waals surface area contributed by atoms with E-state index in [4.69, 9.17) is 11.6 Å². The minimum atomic E-state index is -0.482. The molecule has 2 aromatic carbocycles. The first-order valence-corrected chi connectivity index (χ1v) is 10.8. The van der Waals surface area contributed by atoms with Crippen molar-refractivity contribution < 1.29 is 0 Å². The van der Waals surface area contributed by atoms with E-state index in [9.17, 15) is 9.59 Å². The fraction of sp³-hybridized carbons (Fsp3) is 0.240. The van der Waals surface area contributed by atoms with Crippen LogP contribution >= 0.6 is 11.6 Å². The van der Waals surface area contributed by atoms with Crippen molar-refractivity contribution in [2.45, 2.75) is 39.3 Å². The van der Waals surface area contributed by atoms with Crippen molar-refractivity contribution in [3.8, 4) is 5.69 Å². The monoisotopic (exact) mass is 448 g/mol. The quantitative estimate of drug-likeness (QED) is 0.421. The SMILES string of the molecule is C=CCn1c(=O)c2c(ncn2Cc2ccc(C(C)(C)C)cc2)n(-c2cccc(Cl)c2)c1=O. The van der Waals surface area contributed by atoms with Gasteiger partial charge in [0.25, 0.3) is 5.56 Å². The first-order chi connectivity index (χ1) is 15.2. The van der Waals surface area contributed by atoms with Gasteiger partial charge in [-0.1, -0.05) is 68.8 Å². The molecule has 7 heteroatoms. The van der Waals surface area contributed by atoms with Gasteiger partial charge in [-0.05, 0) is 34.7 Å². The van der Waals surface area contributed by atoms with Crippen LogP contribution in [0.25, 0.3) is 16.9 Å². The van der Waals surface area contributed by atoms with Crippen molar-refractivity contribution in [3.63, 3.8) is 0 Å². The van der Waals surface area contributed by atoms with Crippen molar-refractivity contribution in [3.05, 3.63) is 105 Å². The first kappa shape index (κ1) is 21.8. The number of halogens is 1. The number of rotatable bonds is 5. The number of imidazole rings is 1. The molecule has 0 amide bonds. The normalized spacial score (nSPS) is 11.8. The third-order valence-corrected chi connectivity index (χ3v) is 5.69. The number of nitrogens with zero attached hydrogens (tertiary/aromatic N) is 4. The summed E-state index contributed by atoms with van der Waals surface area (Å²) in [4.78, 5) is 30.9. The van der Waals surface area contributed by atoms with Crippen LogP contribution in [0, 0.1) is 0 Å². The molecular weight excluding hydrogens is 424 g/mol. The molecule has 4 rings (SSSR count). The maximum Gasteiger partial charge on any atom is 0.337 e. The zero-order chi connectivity index (χ0) is 23.0. The number of hydrogen-bond donors (Lipinski definition) is 0. The van der Waals surface area contributed by atoms with Crippen LogP contribution in [0.2, 0.25) is 5.02 Å². The Bertz CT molecular complexity index is 1420. The van der Waals surface area contributed by atoms with Crippen molar-refractivity contribution in [2.24, 2.45) is 0 Å². The fourth-order valence-corrected chi connectivity index (χ4v) is 3.93. The highest BCUT2D eigenvalue weighted by Gasteiger charge is 2.19. The van der Waals surface area contributed by atoms with Crippen LogP contribution in [0.5, 0.6) is 0 Å². The minimum absolute atomic E-state index is 0.0612. The van der Waals surface area contributed by atoms with E-state index in [1.165, 1.54) is 16.2 Å². The molecule has 0 aliphatic carbocycles. The summed E-state index contributed by atoms with van der Waals surface area (Å²) >= 11 is 6.16. The van der Waals surface area contributed by atoms with E-state index in [1.807, 2.05) is 0 Å². The second-order valence-electron chi connectivity index (χ2n) is 8.79. The van der Waals surface area contributed by atoms with Crippen molar-refractivity contribution in [1.29, 1.82) is 0 Å². The van der Waals surface area contributed by atoms with Gasteiger partial charge in [-0.25, -0.2) is 14.3 Å². The molecule has 0 saturated carbocycles. The van der Waals surface area contributed by atoms with Gasteiger partial charge in [0.05, 0.1) is 12.0 Å². The Morgan fingerprint density at radius 2 is 1.81 bits per heavy atom. The molecule has 0 fully saturated rings. The second kappa shape index (κ2) is 8.28. The van der Waals surface area contributed by atoms with Gasteiger partial charge in [-0.2, -0.15) is 0 Å². The maximum atomic E-state index is 13.3. The molecule has 2 heterocycles. The molecule has 0 N–H and O–H groups in total. The summed E-state index contributed by atoms with van der Waals surface area (Å²) < 4.78 is 4.37. The number of hydrogen-bond acceptors (Lipinski definition) is 3. The molecule has 2 aromatic heterocycles. The summed E-state index contributed by atoms with van der Waals surface area (Å²) in [5.41, 5.74) is 2.65. The van der Waals surface area contributed by atoms with Crippen molar-refractivity contribution >= 4 is 22.8 Å². The lowest BCUT2D eigenvalue weighted by atomic mass is 9.87. The fourth-order valence-electron chi connectivity index (χ4n) is 3.74. The highest BCUT2D eigenvalue weighted by molar-refractivity contribution is 6.30. The van der Waals surface area contributed by atoms with Gasteiger partial charge in [0.2, 0.25) is 0 Å². The molecule has 0 spiro atoms. The highest BCUT2D eigenvalue weighted by Crippen LogP contribution is 2.23. The van der Waals surface area contributed by atoms with Gasteiger partial charge < -0.3 is 4.57 Å². The lowest BCUT2D eigenvalue weighted by Gasteiger charge is -2.19. The predicted octanol–water partition coefficient (Wildman–Crippen LogP) is 4.53. The number of allylic oxidation sites excluding steroid dienone is 1. The van der Waals surface area contributed by atoms with E-state index in [0.29, 0.717) is 28.4 Å². The van der Waals surface area contributed by atoms with Gasteiger partial charge >= 0.3 is 5.69 Å². The summed E-state index contributed by atoms with van der Waals surface area (Å²) in [7, 11) is 0. The van der Waals surface area contributed by atoms with Gasteiger partial charge in [0.1, 0.15) is 0 Å². The molecule has 0 aliphatic heterocycles. The van der Waals surface area contributed by atoms with E-state index in [0.717, 1.165) is 10.1 Å². The third kappa shape index (κ3) is 3.94. The van der Waals surface area contributed by atoms with Crippen LogP contribution in [-0.4, -0.2) is 18.7 Å². The van der Waals surface area contributed by atoms with Gasteiger partial charge in [-0.15, -0.1) is 6.58 Å². The molecule has 164 valence electrons. The molecule has 6 nitrogen and oxygen atoms in total. The molecule has 0 aliphatic rings. The van der Waals surface area contributed by atoms with Crippen LogP contribution in [0.4, 0.5) is 0 Å². The summed E-state index contributed by atoms with van der Waals surface area (Å²) in [6.07, 6.45) is 3.13. The van der Waals surface area contributed by atoms with E-state index in [-0.39, 0.29) is 12.0 Å². The number of aromatic nitrogens is 4. The van der Waals surface area contributed by atoms with Crippen LogP contribution in [0.1, 0.15) is 31.9 Å². The van der Waals surface area contributed by atoms with Crippen molar-refractivity contribution in [1.82, 2.24) is 18.7 Å². The van der Waals surface area contributed by atoms with Gasteiger partial charge in [0.15, 0.2) is 11.2 Å². The van der Waals surface area contributed by atoms with Crippen LogP contribution in [-0.2, 0) is 18.5 Å². The molecule has 0 bridgehead atoms. The van der Waals surface area contributed by atoms with E-state index < -0.39 is 11.2 Å². The van der Waals surface area contributed by atoms with Crippen LogP contribution < -0.4 is 11.2 Å². The Kier molecular flexibility index (Phi) is 5.65. The zero-order valence-electron chi connectivity index (χ0n) is 18.4. The summed E-state index contributed by atoms with van der Waals surface area (Å²) in [6.45, 7) is 10.7. The second-order valence-corrected chi connectivity index (χ2v) is 9.23. The van der Waals surface area contributed by atoms with Crippen LogP contribution in [0.3, 0.4) is 0 Å². The number of fused-ring (bicyclic) bond motifs is 1. The maximum absolute atomic E-state index is 13.3. The summed E-state index contributed by atoms with van der Waals surface area (Å²) in [5.74, 6) is 0. The van der Waals surface area contributed by atoms with E-state index >= 15 is 0 Å². The van der Waals surface area contributed by atoms with Gasteiger partial charge in [-0.3, -0.25) is 9.36 Å². The first-order valence-electron chi connectivity index (χ1n) is 10.4. The standard InChI is InChI=1S/C25H25ClN4O2/c1-5-13-29-23(31)21-22(30(24(29)32)20-8-6-7-19(26)14-20)27-16-28(21)15-17-9-11-18(12-10-17)25(2,3)4/h5-12,14,16H,1,13,15H2,2-4H3. The van der Waals surface area contributed by atoms with Gasteiger partial charge in [0, 0.05) is 18.1 Å². The molecule has 0 saturated heterocycles. The molecular formula is C25H25ClN4O2. The Morgan fingerprint density at radius 1 is 1.09 bits per heavy atom. The highest BCUT2D eigenvalue weighted by atomic mass is 35.5. The smallest absolute Gasteiger partial charge is 0.320 e. The molecule has 0 radical (unpaired) electrons. The Labute approximate surface area is 191 Å². The lowest BCUT2D eigenvalue weighted by Crippen LogP contribution is -2.39. The topological polar surface area (TPSA) is 61.8 Å². The Balaban J connectivity index is 1.90. The average Bonchev–Trinajstić information content (AvgIpc) is 3.14. The predicted molar refractivity (Wildman–Crippen MR) is 129 cm³/mol. The summed E-state index contributed by atoms with van der Waals surface area (Å²) in [5, 5.41) is 0.488. The number of benzene rings is 2. The van der Waals surface area contributed by atoms with E-state index in [1.54, 1.807) is 35.2 Å². The minimum Gasteiger partial charge on any atom is -0.320 e. The summed E-state index contributed by atoms with van der Waals surface area (Å²) in [6, 6.07) is 15.2. The Hall–Kier alpha value is -3.38. The average molecular weight is 449 g/mol. The molecule has 0 unspecified atom stereocenters. The zero-order valence-corrected chi connectivity index (χ0v) is 19.1. The largest absolute Gasteiger partial charge is 0.337 e.